The van der Waals surface area contributed by atoms with Crippen LogP contribution in [0.25, 0.3) is 0 Å². The molecule has 2 atom stereocenters. The largest absolute Gasteiger partial charge is 0.489 e. The number of piperidine rings is 1. The Balaban J connectivity index is 1.36. The van der Waals surface area contributed by atoms with E-state index in [1.165, 1.54) is 25.6 Å². The molecule has 0 spiro atoms. The van der Waals surface area contributed by atoms with Gasteiger partial charge in [-0.3, -0.25) is 0 Å². The van der Waals surface area contributed by atoms with E-state index in [-0.39, 0.29) is 46.6 Å². The van der Waals surface area contributed by atoms with Gasteiger partial charge in [-0.1, -0.05) is 0 Å². The summed E-state index contributed by atoms with van der Waals surface area (Å²) in [6.07, 6.45) is 4.63. The van der Waals surface area contributed by atoms with Crippen molar-refractivity contribution < 1.29 is 18.6 Å². The Morgan fingerprint density at radius 1 is 1.17 bits per heavy atom. The summed E-state index contributed by atoms with van der Waals surface area (Å²) in [7, 11) is 1.48. The van der Waals surface area contributed by atoms with Crippen molar-refractivity contribution in [2.75, 3.05) is 43.6 Å². The molecule has 0 amide bonds. The van der Waals surface area contributed by atoms with E-state index in [0.717, 1.165) is 10.5 Å². The first-order valence-electron chi connectivity index (χ1n) is 10.9. The lowest BCUT2D eigenvalue weighted by molar-refractivity contribution is -0.0775. The van der Waals surface area contributed by atoms with Gasteiger partial charge >= 0.3 is 0 Å². The third-order valence-electron chi connectivity index (χ3n) is 5.97. The number of aromatic nitrogens is 4. The van der Waals surface area contributed by atoms with E-state index in [0.29, 0.717) is 32.3 Å². The van der Waals surface area contributed by atoms with Crippen LogP contribution in [0.3, 0.4) is 0 Å². The zero-order valence-electron chi connectivity index (χ0n) is 18.7. The minimum Gasteiger partial charge on any atom is -0.489 e. The lowest BCUT2D eigenvalue weighted by atomic mass is 9.84. The highest BCUT2D eigenvalue weighted by atomic mass is 79.9. The van der Waals surface area contributed by atoms with Gasteiger partial charge in [-0.05, 0) is 34.1 Å². The first kappa shape index (κ1) is 23.2. The maximum atomic E-state index is 14.4. The van der Waals surface area contributed by atoms with Crippen molar-refractivity contribution in [1.82, 2.24) is 19.9 Å². The Kier molecular flexibility index (Phi) is 6.61. The maximum absolute atomic E-state index is 14.4. The number of fused-ring (bicyclic) bond motifs is 2. The molecule has 2 fully saturated rings. The van der Waals surface area contributed by atoms with Gasteiger partial charge < -0.3 is 24.4 Å². The average molecular weight is 542 g/mol. The van der Waals surface area contributed by atoms with Crippen LogP contribution < -0.4 is 19.7 Å². The highest BCUT2D eigenvalue weighted by Crippen LogP contribution is 2.38. The van der Waals surface area contributed by atoms with Crippen molar-refractivity contribution in [3.05, 3.63) is 52.8 Å². The summed E-state index contributed by atoms with van der Waals surface area (Å²) in [5.41, 5.74) is 0.375. The van der Waals surface area contributed by atoms with Gasteiger partial charge in [-0.25, -0.2) is 19.3 Å². The van der Waals surface area contributed by atoms with Crippen LogP contribution >= 0.6 is 15.9 Å². The predicted octanol–water partition coefficient (Wildman–Crippen LogP) is 3.32. The molecule has 2 aliphatic heterocycles. The van der Waals surface area contributed by atoms with E-state index >= 15 is 0 Å². The summed E-state index contributed by atoms with van der Waals surface area (Å²) in [5.74, 6) is 0.968. The van der Waals surface area contributed by atoms with E-state index in [2.05, 4.69) is 46.1 Å². The maximum Gasteiger partial charge on any atom is 0.262 e. The predicted molar refractivity (Wildman–Crippen MR) is 127 cm³/mol. The molecule has 0 aliphatic carbocycles. The molecule has 5 rings (SSSR count). The summed E-state index contributed by atoms with van der Waals surface area (Å²) in [6, 6.07) is 6.04. The second kappa shape index (κ2) is 9.97. The van der Waals surface area contributed by atoms with Gasteiger partial charge in [0.15, 0.2) is 5.82 Å². The number of nitrogens with zero attached hydrogens (tertiary/aromatic N) is 6. The SMILES string of the molecule is COc1c(Nc2ccc(C#N)cc2F)ncnc1OC1C2COCC1CN(c1ncc(Br)cn1)C2. The number of anilines is 3. The van der Waals surface area contributed by atoms with Crippen molar-refractivity contribution in [3.8, 4) is 17.7 Å². The van der Waals surface area contributed by atoms with Crippen LogP contribution in [-0.4, -0.2) is 59.5 Å². The van der Waals surface area contributed by atoms with Crippen molar-refractivity contribution >= 4 is 33.4 Å². The minimum absolute atomic E-state index is 0.0572. The lowest BCUT2D eigenvalue weighted by Gasteiger charge is -2.46. The molecule has 2 unspecified atom stereocenters. The van der Waals surface area contributed by atoms with Gasteiger partial charge in [-0.15, -0.1) is 0 Å². The molecule has 2 saturated heterocycles. The first-order chi connectivity index (χ1) is 17.1. The van der Waals surface area contributed by atoms with Crippen LogP contribution in [0.5, 0.6) is 11.6 Å². The average Bonchev–Trinajstić information content (AvgIpc) is 2.86. The van der Waals surface area contributed by atoms with Crippen molar-refractivity contribution in [1.29, 1.82) is 5.26 Å². The number of nitrogens with one attached hydrogen (secondary N) is 1. The number of ether oxygens (including phenoxy) is 3. The summed E-state index contributed by atoms with van der Waals surface area (Å²) in [6.45, 7) is 2.39. The normalized spacial score (nSPS) is 21.2. The number of halogens is 2. The van der Waals surface area contributed by atoms with E-state index in [1.807, 2.05) is 6.07 Å². The summed E-state index contributed by atoms with van der Waals surface area (Å²) >= 11 is 3.37. The Bertz CT molecular complexity index is 1240. The highest BCUT2D eigenvalue weighted by molar-refractivity contribution is 9.10. The molecule has 12 heteroatoms. The Labute approximate surface area is 209 Å². The molecule has 1 N–H and O–H groups in total. The van der Waals surface area contributed by atoms with Gasteiger partial charge in [0.25, 0.3) is 5.88 Å². The van der Waals surface area contributed by atoms with Crippen molar-refractivity contribution in [3.63, 3.8) is 0 Å². The fourth-order valence-corrected chi connectivity index (χ4v) is 4.59. The molecule has 3 aromatic rings. The fourth-order valence-electron chi connectivity index (χ4n) is 4.38. The number of nitriles is 1. The van der Waals surface area contributed by atoms with E-state index in [4.69, 9.17) is 19.5 Å². The van der Waals surface area contributed by atoms with Crippen LogP contribution in [0.1, 0.15) is 5.56 Å². The molecule has 1 aromatic carbocycles. The standard InChI is InChI=1S/C23H21BrFN7O3/c1-33-20-21(31-18-3-2-13(5-26)4-17(18)25)29-12-30-22(20)35-19-14-8-32(9-15(19)11-34-10-14)23-27-6-16(24)7-28-23/h2-4,6-7,12,14-15,19H,8-11H2,1H3,(H,29,30,31). The summed E-state index contributed by atoms with van der Waals surface area (Å²) in [5, 5.41) is 11.9. The molecular formula is C23H21BrFN7O3. The van der Waals surface area contributed by atoms with Gasteiger partial charge in [0.1, 0.15) is 18.2 Å². The Morgan fingerprint density at radius 2 is 1.91 bits per heavy atom. The second-order valence-electron chi connectivity index (χ2n) is 8.24. The zero-order valence-corrected chi connectivity index (χ0v) is 20.3. The Hall–Kier alpha value is -3.56. The zero-order chi connectivity index (χ0) is 24.4. The van der Waals surface area contributed by atoms with Gasteiger partial charge in [-0.2, -0.15) is 10.2 Å². The lowest BCUT2D eigenvalue weighted by Crippen LogP contribution is -2.58. The molecule has 2 bridgehead atoms. The number of benzene rings is 1. The molecule has 4 heterocycles. The van der Waals surface area contributed by atoms with Gasteiger partial charge in [0, 0.05) is 37.3 Å². The number of hydrogen-bond donors (Lipinski definition) is 1. The van der Waals surface area contributed by atoms with E-state index in [1.54, 1.807) is 12.4 Å². The molecule has 0 radical (unpaired) electrons. The van der Waals surface area contributed by atoms with Crippen LogP contribution in [-0.2, 0) is 4.74 Å². The third kappa shape index (κ3) is 4.82. The molecule has 2 aliphatic rings. The van der Waals surface area contributed by atoms with Crippen molar-refractivity contribution in [2.24, 2.45) is 11.8 Å². The molecule has 10 nitrogen and oxygen atoms in total. The van der Waals surface area contributed by atoms with Crippen molar-refractivity contribution in [2.45, 2.75) is 6.10 Å². The van der Waals surface area contributed by atoms with Crippen LogP contribution in [0.4, 0.5) is 21.8 Å². The second-order valence-corrected chi connectivity index (χ2v) is 9.15. The summed E-state index contributed by atoms with van der Waals surface area (Å²) < 4.78 is 33.0. The Morgan fingerprint density at radius 3 is 2.57 bits per heavy atom. The van der Waals surface area contributed by atoms with E-state index in [9.17, 15) is 4.39 Å². The highest BCUT2D eigenvalue weighted by Gasteiger charge is 2.43. The molecule has 35 heavy (non-hydrogen) atoms. The van der Waals surface area contributed by atoms with Gasteiger partial charge in [0.05, 0.1) is 42.1 Å². The topological polar surface area (TPSA) is 118 Å². The molecule has 180 valence electrons. The number of rotatable bonds is 6. The van der Waals surface area contributed by atoms with Crippen LogP contribution in [0.15, 0.2) is 41.4 Å². The van der Waals surface area contributed by atoms with Crippen LogP contribution in [0.2, 0.25) is 0 Å². The number of methoxy groups -OCH3 is 1. The van der Waals surface area contributed by atoms with E-state index < -0.39 is 5.82 Å². The third-order valence-corrected chi connectivity index (χ3v) is 6.38. The van der Waals surface area contributed by atoms with Gasteiger partial charge in [0.2, 0.25) is 11.7 Å². The minimum atomic E-state index is -0.582. The smallest absolute Gasteiger partial charge is 0.262 e. The number of hydrogen-bond acceptors (Lipinski definition) is 10. The fraction of sp³-hybridized carbons (Fsp3) is 0.348. The quantitative estimate of drug-likeness (QED) is 0.497. The van der Waals surface area contributed by atoms with Crippen LogP contribution in [0, 0.1) is 29.0 Å². The first-order valence-corrected chi connectivity index (χ1v) is 11.7. The monoisotopic (exact) mass is 541 g/mol. The molecular weight excluding hydrogens is 521 g/mol. The molecule has 2 aromatic heterocycles. The summed E-state index contributed by atoms with van der Waals surface area (Å²) in [4.78, 5) is 19.5. The molecule has 0 saturated carbocycles.